The quantitative estimate of drug-likeness (QED) is 0.813. The zero-order valence-corrected chi connectivity index (χ0v) is 11.3. The van der Waals surface area contributed by atoms with Crippen LogP contribution in [-0.2, 0) is 4.79 Å². The third kappa shape index (κ3) is 5.38. The summed E-state index contributed by atoms with van der Waals surface area (Å²) >= 11 is 0. The van der Waals surface area contributed by atoms with Gasteiger partial charge in [0.2, 0.25) is 5.91 Å². The summed E-state index contributed by atoms with van der Waals surface area (Å²) in [6.07, 6.45) is -0.663. The monoisotopic (exact) mass is 280 g/mol. The third-order valence-electron chi connectivity index (χ3n) is 3.74. The molecule has 0 spiro atoms. The minimum Gasteiger partial charge on any atom is -0.352 e. The second-order valence-electron chi connectivity index (χ2n) is 5.35. The van der Waals surface area contributed by atoms with Crippen LogP contribution in [0, 0.1) is 5.92 Å². The SMILES string of the molecule is CCCC[C@H](N)C(=O)NC1CCC(C(F)(F)F)CC1. The molecule has 0 radical (unpaired) electrons. The molecular formula is C13H23F3N2O. The molecule has 0 aromatic heterocycles. The lowest BCUT2D eigenvalue weighted by molar-refractivity contribution is -0.182. The Balaban J connectivity index is 2.31. The fourth-order valence-corrected chi connectivity index (χ4v) is 2.43. The van der Waals surface area contributed by atoms with Crippen molar-refractivity contribution in [3.05, 3.63) is 0 Å². The van der Waals surface area contributed by atoms with Gasteiger partial charge < -0.3 is 11.1 Å². The second kappa shape index (κ2) is 7.12. The van der Waals surface area contributed by atoms with Gasteiger partial charge in [-0.2, -0.15) is 13.2 Å². The van der Waals surface area contributed by atoms with E-state index in [1.807, 2.05) is 6.92 Å². The van der Waals surface area contributed by atoms with E-state index in [2.05, 4.69) is 5.32 Å². The molecule has 1 amide bonds. The summed E-state index contributed by atoms with van der Waals surface area (Å²) in [5.74, 6) is -1.45. The second-order valence-corrected chi connectivity index (χ2v) is 5.35. The average Bonchev–Trinajstić information content (AvgIpc) is 2.35. The van der Waals surface area contributed by atoms with Crippen molar-refractivity contribution < 1.29 is 18.0 Å². The smallest absolute Gasteiger partial charge is 0.352 e. The number of carbonyl (C=O) groups is 1. The number of rotatable bonds is 5. The predicted octanol–water partition coefficient (Wildman–Crippen LogP) is 2.74. The zero-order valence-electron chi connectivity index (χ0n) is 11.3. The maximum Gasteiger partial charge on any atom is 0.391 e. The van der Waals surface area contributed by atoms with Gasteiger partial charge >= 0.3 is 6.18 Å². The maximum atomic E-state index is 12.5. The van der Waals surface area contributed by atoms with Crippen LogP contribution >= 0.6 is 0 Å². The summed E-state index contributed by atoms with van der Waals surface area (Å²) in [5.41, 5.74) is 5.72. The maximum absolute atomic E-state index is 12.5. The Bertz CT molecular complexity index is 286. The van der Waals surface area contributed by atoms with Gasteiger partial charge in [-0.05, 0) is 32.1 Å². The summed E-state index contributed by atoms with van der Waals surface area (Å²) in [4.78, 5) is 11.7. The molecule has 0 saturated heterocycles. The largest absolute Gasteiger partial charge is 0.391 e. The van der Waals surface area contributed by atoms with Crippen molar-refractivity contribution in [1.29, 1.82) is 0 Å². The highest BCUT2D eigenvalue weighted by molar-refractivity contribution is 5.81. The van der Waals surface area contributed by atoms with Gasteiger partial charge in [-0.3, -0.25) is 4.79 Å². The van der Waals surface area contributed by atoms with Gasteiger partial charge in [0.25, 0.3) is 0 Å². The standard InChI is InChI=1S/C13H23F3N2O/c1-2-3-4-11(17)12(19)18-10-7-5-9(6-8-10)13(14,15)16/h9-11H,2-8,17H2,1H3,(H,18,19)/t9?,10?,11-/m0/s1. The van der Waals surface area contributed by atoms with Gasteiger partial charge in [-0.15, -0.1) is 0 Å². The lowest BCUT2D eigenvalue weighted by Crippen LogP contribution is -2.47. The molecule has 0 aliphatic heterocycles. The van der Waals surface area contributed by atoms with E-state index in [1.54, 1.807) is 0 Å². The molecule has 0 aromatic carbocycles. The summed E-state index contributed by atoms with van der Waals surface area (Å²) < 4.78 is 37.5. The lowest BCUT2D eigenvalue weighted by atomic mass is 9.85. The number of carbonyl (C=O) groups excluding carboxylic acids is 1. The van der Waals surface area contributed by atoms with Crippen LogP contribution in [0.2, 0.25) is 0 Å². The van der Waals surface area contributed by atoms with Crippen molar-refractivity contribution in [2.75, 3.05) is 0 Å². The van der Waals surface area contributed by atoms with E-state index < -0.39 is 18.1 Å². The van der Waals surface area contributed by atoms with E-state index >= 15 is 0 Å². The number of alkyl halides is 3. The topological polar surface area (TPSA) is 55.1 Å². The minimum absolute atomic E-state index is 0.0959. The molecule has 0 unspecified atom stereocenters. The number of amides is 1. The number of hydrogen-bond donors (Lipinski definition) is 2. The molecule has 1 saturated carbocycles. The molecule has 0 bridgehead atoms. The molecule has 1 atom stereocenters. The molecule has 112 valence electrons. The predicted molar refractivity (Wildman–Crippen MR) is 67.4 cm³/mol. The molecule has 3 nitrogen and oxygen atoms in total. The molecule has 1 aliphatic rings. The number of halogens is 3. The van der Waals surface area contributed by atoms with Crippen LogP contribution in [0.15, 0.2) is 0 Å². The van der Waals surface area contributed by atoms with Crippen LogP contribution in [-0.4, -0.2) is 24.2 Å². The number of hydrogen-bond acceptors (Lipinski definition) is 2. The first kappa shape index (κ1) is 16.3. The highest BCUT2D eigenvalue weighted by atomic mass is 19.4. The van der Waals surface area contributed by atoms with Gasteiger partial charge in [0.05, 0.1) is 12.0 Å². The Hall–Kier alpha value is -0.780. The Morgan fingerprint density at radius 3 is 2.37 bits per heavy atom. The van der Waals surface area contributed by atoms with Gasteiger partial charge in [-0.25, -0.2) is 0 Å². The molecule has 1 rings (SSSR count). The highest BCUT2D eigenvalue weighted by Gasteiger charge is 2.41. The van der Waals surface area contributed by atoms with Gasteiger partial charge in [0, 0.05) is 6.04 Å². The Morgan fingerprint density at radius 1 is 1.32 bits per heavy atom. The fraction of sp³-hybridized carbons (Fsp3) is 0.923. The first-order valence-corrected chi connectivity index (χ1v) is 6.97. The van der Waals surface area contributed by atoms with Crippen LogP contribution < -0.4 is 11.1 Å². The highest BCUT2D eigenvalue weighted by Crippen LogP contribution is 2.37. The normalized spacial score (nSPS) is 25.9. The van der Waals surface area contributed by atoms with Crippen molar-refractivity contribution in [3.63, 3.8) is 0 Å². The van der Waals surface area contributed by atoms with Gasteiger partial charge in [0.1, 0.15) is 0 Å². The van der Waals surface area contributed by atoms with Gasteiger partial charge in [-0.1, -0.05) is 19.8 Å². The van der Waals surface area contributed by atoms with E-state index in [9.17, 15) is 18.0 Å². The van der Waals surface area contributed by atoms with Crippen molar-refractivity contribution in [1.82, 2.24) is 5.32 Å². The van der Waals surface area contributed by atoms with Crippen LogP contribution in [0.4, 0.5) is 13.2 Å². The van der Waals surface area contributed by atoms with Gasteiger partial charge in [0.15, 0.2) is 0 Å². The molecule has 0 heterocycles. The number of nitrogens with two attached hydrogens (primary N) is 1. The van der Waals surface area contributed by atoms with Crippen LogP contribution in [0.5, 0.6) is 0 Å². The van der Waals surface area contributed by atoms with Crippen LogP contribution in [0.3, 0.4) is 0 Å². The van der Waals surface area contributed by atoms with Crippen LogP contribution in [0.1, 0.15) is 51.9 Å². The number of nitrogens with one attached hydrogen (secondary N) is 1. The van der Waals surface area contributed by atoms with E-state index in [4.69, 9.17) is 5.73 Å². The molecule has 0 aromatic rings. The van der Waals surface area contributed by atoms with E-state index in [1.165, 1.54) is 0 Å². The molecule has 1 fully saturated rings. The molecule has 19 heavy (non-hydrogen) atoms. The molecule has 1 aliphatic carbocycles. The van der Waals surface area contributed by atoms with Crippen LogP contribution in [0.25, 0.3) is 0 Å². The molecule has 3 N–H and O–H groups in total. The molecule has 6 heteroatoms. The Kier molecular flexibility index (Phi) is 6.10. The Morgan fingerprint density at radius 2 is 1.89 bits per heavy atom. The summed E-state index contributed by atoms with van der Waals surface area (Å²) in [7, 11) is 0. The summed E-state index contributed by atoms with van der Waals surface area (Å²) in [5, 5.41) is 2.77. The van der Waals surface area contributed by atoms with Crippen molar-refractivity contribution >= 4 is 5.91 Å². The minimum atomic E-state index is -4.10. The Labute approximate surface area is 112 Å². The third-order valence-corrected chi connectivity index (χ3v) is 3.74. The lowest BCUT2D eigenvalue weighted by Gasteiger charge is -2.30. The first-order chi connectivity index (χ1) is 8.84. The zero-order chi connectivity index (χ0) is 14.5. The number of unbranched alkanes of at least 4 members (excludes halogenated alkanes) is 1. The summed E-state index contributed by atoms with van der Waals surface area (Å²) in [6.45, 7) is 2.02. The van der Waals surface area contributed by atoms with Crippen molar-refractivity contribution in [3.8, 4) is 0 Å². The summed E-state index contributed by atoms with van der Waals surface area (Å²) in [6, 6.07) is -0.695. The average molecular weight is 280 g/mol. The van der Waals surface area contributed by atoms with Crippen molar-refractivity contribution in [2.45, 2.75) is 70.1 Å². The van der Waals surface area contributed by atoms with E-state index in [0.717, 1.165) is 12.8 Å². The molecular weight excluding hydrogens is 257 g/mol. The first-order valence-electron chi connectivity index (χ1n) is 6.97. The van der Waals surface area contributed by atoms with Crippen molar-refractivity contribution in [2.24, 2.45) is 11.7 Å². The van der Waals surface area contributed by atoms with E-state index in [0.29, 0.717) is 19.3 Å². The van der Waals surface area contributed by atoms with E-state index in [-0.39, 0.29) is 24.8 Å². The fourth-order valence-electron chi connectivity index (χ4n) is 2.43.